The fourth-order valence-corrected chi connectivity index (χ4v) is 2.94. The number of hydrogen-bond acceptors (Lipinski definition) is 3. The summed E-state index contributed by atoms with van der Waals surface area (Å²) in [4.78, 5) is 13.1. The zero-order chi connectivity index (χ0) is 14.5. The van der Waals surface area contributed by atoms with Crippen molar-refractivity contribution in [2.45, 2.75) is 23.8 Å². The highest BCUT2D eigenvalue weighted by Crippen LogP contribution is 2.12. The molecule has 1 amide bonds. The molecule has 1 radical (unpaired) electrons. The zero-order valence-electron chi connectivity index (χ0n) is 11.2. The van der Waals surface area contributed by atoms with Crippen LogP contribution in [-0.2, 0) is 14.6 Å². The monoisotopic (exact) mass is 283 g/mol. The van der Waals surface area contributed by atoms with E-state index in [1.165, 1.54) is 4.90 Å². The number of nitrogens with zero attached hydrogens (tertiary/aromatic N) is 1. The highest BCUT2D eigenvalue weighted by Gasteiger charge is 2.18. The van der Waals surface area contributed by atoms with Crippen molar-refractivity contribution in [1.82, 2.24) is 10.6 Å². The second kappa shape index (κ2) is 6.68. The Kier molecular flexibility index (Phi) is 5.50. The van der Waals surface area contributed by atoms with E-state index in [4.69, 9.17) is 5.73 Å². The zero-order valence-corrected chi connectivity index (χ0v) is 12.0. The Morgan fingerprint density at radius 2 is 1.84 bits per heavy atom. The maximum atomic E-state index is 12.0. The van der Waals surface area contributed by atoms with Crippen molar-refractivity contribution in [3.63, 3.8) is 0 Å². The van der Waals surface area contributed by atoms with Gasteiger partial charge in [0.15, 0.2) is 9.84 Å². The summed E-state index contributed by atoms with van der Waals surface area (Å²) in [7, 11) is -0.115. The molecule has 19 heavy (non-hydrogen) atoms. The minimum Gasteiger partial charge on any atom is -0.349 e. The van der Waals surface area contributed by atoms with Gasteiger partial charge in [0.05, 0.1) is 10.6 Å². The van der Waals surface area contributed by atoms with Crippen LogP contribution in [0.25, 0.3) is 0 Å². The fourth-order valence-electron chi connectivity index (χ4n) is 1.54. The van der Waals surface area contributed by atoms with Crippen LogP contribution < -0.4 is 5.73 Å². The summed E-state index contributed by atoms with van der Waals surface area (Å²) in [5.41, 5.74) is 7.73. The van der Waals surface area contributed by atoms with E-state index >= 15 is 0 Å². The fraction of sp³-hybridized carbons (Fsp3) is 0.462. The molecule has 0 bridgehead atoms. The summed E-state index contributed by atoms with van der Waals surface area (Å²) in [6.07, 6.45) is 0.216. The van der Waals surface area contributed by atoms with E-state index in [2.05, 4.69) is 0 Å². The molecule has 1 rings (SSSR count). The minimum atomic E-state index is -3.36. The van der Waals surface area contributed by atoms with Gasteiger partial charge >= 0.3 is 0 Å². The Balaban J connectivity index is 2.55. The predicted molar refractivity (Wildman–Crippen MR) is 73.3 cm³/mol. The first-order chi connectivity index (χ1) is 8.83. The number of rotatable bonds is 6. The van der Waals surface area contributed by atoms with Crippen molar-refractivity contribution in [1.29, 1.82) is 0 Å². The van der Waals surface area contributed by atoms with Gasteiger partial charge in [-0.1, -0.05) is 18.2 Å². The Morgan fingerprint density at radius 1 is 1.26 bits per heavy atom. The summed E-state index contributed by atoms with van der Waals surface area (Å²) in [6, 6.07) is 7.48. The maximum absolute atomic E-state index is 12.0. The SMILES string of the molecule is CN(C)C(=O)C[C@@H]([NH])CCS(=O)(=O)c1ccccc1. The van der Waals surface area contributed by atoms with Gasteiger partial charge in [0.25, 0.3) is 0 Å². The molecule has 0 unspecified atom stereocenters. The smallest absolute Gasteiger partial charge is 0.223 e. The van der Waals surface area contributed by atoms with Crippen molar-refractivity contribution in [2.75, 3.05) is 19.8 Å². The molecule has 5 nitrogen and oxygen atoms in total. The molecule has 0 heterocycles. The molecule has 0 saturated carbocycles. The van der Waals surface area contributed by atoms with Gasteiger partial charge in [-0.15, -0.1) is 0 Å². The molecule has 0 aliphatic carbocycles. The molecule has 1 atom stereocenters. The van der Waals surface area contributed by atoms with Gasteiger partial charge in [0.2, 0.25) is 5.91 Å². The number of amides is 1. The first-order valence-electron chi connectivity index (χ1n) is 6.02. The van der Waals surface area contributed by atoms with E-state index in [1.54, 1.807) is 44.4 Å². The normalized spacial score (nSPS) is 13.0. The Labute approximate surface area is 114 Å². The van der Waals surface area contributed by atoms with Crippen molar-refractivity contribution < 1.29 is 13.2 Å². The van der Waals surface area contributed by atoms with Crippen LogP contribution in [0.4, 0.5) is 0 Å². The van der Waals surface area contributed by atoms with Gasteiger partial charge in [0, 0.05) is 26.6 Å². The molecule has 1 aromatic rings. The summed E-state index contributed by atoms with van der Waals surface area (Å²) >= 11 is 0. The quantitative estimate of drug-likeness (QED) is 0.780. The predicted octanol–water partition coefficient (Wildman–Crippen LogP) is 0.980. The number of nitrogens with one attached hydrogen (secondary N) is 1. The van der Waals surface area contributed by atoms with Gasteiger partial charge in [-0.3, -0.25) is 10.5 Å². The van der Waals surface area contributed by atoms with Crippen LogP contribution in [-0.4, -0.2) is 45.1 Å². The molecule has 1 N–H and O–H groups in total. The van der Waals surface area contributed by atoms with Crippen molar-refractivity contribution in [3.05, 3.63) is 30.3 Å². The summed E-state index contributed by atoms with van der Waals surface area (Å²) < 4.78 is 24.0. The number of carbonyl (C=O) groups excluding carboxylic acids is 1. The molecule has 1 aromatic carbocycles. The third kappa shape index (κ3) is 5.00. The third-order valence-electron chi connectivity index (χ3n) is 2.76. The van der Waals surface area contributed by atoms with Crippen LogP contribution in [0.5, 0.6) is 0 Å². The highest BCUT2D eigenvalue weighted by atomic mass is 32.2. The summed E-state index contributed by atoms with van der Waals surface area (Å²) in [5, 5.41) is 0. The van der Waals surface area contributed by atoms with Crippen LogP contribution >= 0.6 is 0 Å². The Morgan fingerprint density at radius 3 is 2.37 bits per heavy atom. The van der Waals surface area contributed by atoms with Crippen molar-refractivity contribution in [3.8, 4) is 0 Å². The van der Waals surface area contributed by atoms with E-state index in [9.17, 15) is 13.2 Å². The van der Waals surface area contributed by atoms with Gasteiger partial charge in [-0.2, -0.15) is 0 Å². The van der Waals surface area contributed by atoms with Crippen LogP contribution in [0.2, 0.25) is 0 Å². The van der Waals surface area contributed by atoms with E-state index in [-0.39, 0.29) is 29.4 Å². The molecule has 6 heteroatoms. The average molecular weight is 283 g/mol. The van der Waals surface area contributed by atoms with Crippen LogP contribution in [0, 0.1) is 0 Å². The topological polar surface area (TPSA) is 78.2 Å². The second-order valence-electron chi connectivity index (χ2n) is 4.61. The number of sulfone groups is 1. The number of hydrogen-bond donors (Lipinski definition) is 0. The largest absolute Gasteiger partial charge is 0.349 e. The molecule has 105 valence electrons. The minimum absolute atomic E-state index is 0.0529. The summed E-state index contributed by atoms with van der Waals surface area (Å²) in [6.45, 7) is 0. The van der Waals surface area contributed by atoms with Gasteiger partial charge in [-0.05, 0) is 18.6 Å². The Hall–Kier alpha value is -1.40. The lowest BCUT2D eigenvalue weighted by atomic mass is 10.1. The van der Waals surface area contributed by atoms with E-state index in [0.29, 0.717) is 0 Å². The van der Waals surface area contributed by atoms with E-state index in [1.807, 2.05) is 0 Å². The molecule has 0 aromatic heterocycles. The number of carbonyl (C=O) groups is 1. The molecule has 0 aliphatic heterocycles. The molecule has 0 saturated heterocycles. The highest BCUT2D eigenvalue weighted by molar-refractivity contribution is 7.91. The maximum Gasteiger partial charge on any atom is 0.223 e. The van der Waals surface area contributed by atoms with E-state index < -0.39 is 15.9 Å². The lowest BCUT2D eigenvalue weighted by Crippen LogP contribution is -2.28. The first kappa shape index (κ1) is 15.7. The van der Waals surface area contributed by atoms with Crippen LogP contribution in [0.1, 0.15) is 12.8 Å². The van der Waals surface area contributed by atoms with Crippen molar-refractivity contribution >= 4 is 15.7 Å². The molecular formula is C13H19N2O3S. The number of benzene rings is 1. The average Bonchev–Trinajstić information content (AvgIpc) is 2.37. The molecular weight excluding hydrogens is 264 g/mol. The van der Waals surface area contributed by atoms with E-state index in [0.717, 1.165) is 0 Å². The second-order valence-corrected chi connectivity index (χ2v) is 6.72. The van der Waals surface area contributed by atoms with Gasteiger partial charge < -0.3 is 4.90 Å². The van der Waals surface area contributed by atoms with Crippen molar-refractivity contribution in [2.24, 2.45) is 0 Å². The van der Waals surface area contributed by atoms with Gasteiger partial charge in [-0.25, -0.2) is 8.42 Å². The third-order valence-corrected chi connectivity index (χ3v) is 4.52. The van der Waals surface area contributed by atoms with Gasteiger partial charge in [0.1, 0.15) is 0 Å². The molecule has 0 spiro atoms. The summed E-state index contributed by atoms with van der Waals surface area (Å²) in [5.74, 6) is -0.261. The Bertz CT molecular complexity index is 512. The lowest BCUT2D eigenvalue weighted by molar-refractivity contribution is -0.129. The lowest BCUT2D eigenvalue weighted by Gasteiger charge is -2.14. The molecule has 0 fully saturated rings. The van der Waals surface area contributed by atoms with Crippen LogP contribution in [0.15, 0.2) is 35.2 Å². The molecule has 0 aliphatic rings. The van der Waals surface area contributed by atoms with Crippen LogP contribution in [0.3, 0.4) is 0 Å². The first-order valence-corrected chi connectivity index (χ1v) is 7.67. The standard InChI is InChI=1S/C13H19N2O3S/c1-15(2)13(16)10-11(14)8-9-19(17,18)12-6-4-3-5-7-12/h3-7,11,14H,8-10H2,1-2H3/t11-/m0/s1.